The first-order chi connectivity index (χ1) is 13.6. The number of nitrogens with zero attached hydrogens (tertiary/aromatic N) is 1. The molecule has 148 valence electrons. The number of anilines is 1. The Morgan fingerprint density at radius 1 is 0.893 bits per heavy atom. The Labute approximate surface area is 171 Å². The number of hydrogen-bond acceptors (Lipinski definition) is 3. The average Bonchev–Trinajstić information content (AvgIpc) is 2.71. The van der Waals surface area contributed by atoms with Gasteiger partial charge in [0.25, 0.3) is 0 Å². The van der Waals surface area contributed by atoms with Crippen LogP contribution in [-0.4, -0.2) is 17.5 Å². The number of unbranched alkanes of at least 4 members (excludes halogenated alkanes) is 2. The fraction of sp³-hybridized carbons (Fsp3) is 0.318. The Hall–Kier alpha value is -2.66. The van der Waals surface area contributed by atoms with E-state index in [4.69, 9.17) is 11.6 Å². The molecule has 6 heteroatoms. The minimum absolute atomic E-state index is 0.0524. The number of nitrogens with one attached hydrogen (secondary N) is 2. The number of carbonyl (C=O) groups is 2. The van der Waals surface area contributed by atoms with Gasteiger partial charge in [-0.3, -0.25) is 9.59 Å². The zero-order valence-electron chi connectivity index (χ0n) is 16.1. The van der Waals surface area contributed by atoms with E-state index in [1.807, 2.05) is 30.3 Å². The molecule has 0 atom stereocenters. The molecule has 0 aromatic heterocycles. The summed E-state index contributed by atoms with van der Waals surface area (Å²) in [5.41, 5.74) is 4.96. The van der Waals surface area contributed by atoms with Crippen LogP contribution in [0.2, 0.25) is 5.02 Å². The van der Waals surface area contributed by atoms with Crippen molar-refractivity contribution in [2.24, 2.45) is 5.10 Å². The van der Waals surface area contributed by atoms with Gasteiger partial charge in [0.2, 0.25) is 11.8 Å². The highest BCUT2D eigenvalue weighted by atomic mass is 35.5. The standard InChI is InChI=1S/C22H26ClN3O2/c1-2-3-5-13-19(17-10-6-4-7-11-17)25-26-22(28)16-15-21(27)24-20-14-9-8-12-18(20)23/h4,6-12,14H,2-3,5,13,15-16H2,1H3,(H,24,27)(H,26,28). The van der Waals surface area contributed by atoms with Crippen molar-refractivity contribution in [2.45, 2.75) is 45.4 Å². The largest absolute Gasteiger partial charge is 0.325 e. The van der Waals surface area contributed by atoms with Crippen molar-refractivity contribution in [1.82, 2.24) is 5.43 Å². The number of para-hydroxylation sites is 1. The lowest BCUT2D eigenvalue weighted by Crippen LogP contribution is -2.22. The van der Waals surface area contributed by atoms with Crippen molar-refractivity contribution in [1.29, 1.82) is 0 Å². The van der Waals surface area contributed by atoms with Gasteiger partial charge in [0, 0.05) is 12.8 Å². The summed E-state index contributed by atoms with van der Waals surface area (Å²) in [5, 5.41) is 7.47. The van der Waals surface area contributed by atoms with Crippen LogP contribution in [0.3, 0.4) is 0 Å². The topological polar surface area (TPSA) is 70.6 Å². The fourth-order valence-corrected chi connectivity index (χ4v) is 2.81. The molecule has 0 saturated heterocycles. The van der Waals surface area contributed by atoms with Crippen molar-refractivity contribution in [3.8, 4) is 0 Å². The summed E-state index contributed by atoms with van der Waals surface area (Å²) in [6, 6.07) is 16.8. The van der Waals surface area contributed by atoms with E-state index >= 15 is 0 Å². The van der Waals surface area contributed by atoms with Gasteiger partial charge >= 0.3 is 0 Å². The molecule has 5 nitrogen and oxygen atoms in total. The van der Waals surface area contributed by atoms with Crippen LogP contribution >= 0.6 is 11.6 Å². The summed E-state index contributed by atoms with van der Waals surface area (Å²) in [6.07, 6.45) is 4.16. The molecule has 0 saturated carbocycles. The molecule has 0 radical (unpaired) electrons. The number of halogens is 1. The van der Waals surface area contributed by atoms with Crippen LogP contribution in [0, 0.1) is 0 Å². The second kappa shape index (κ2) is 11.9. The maximum absolute atomic E-state index is 12.1. The van der Waals surface area contributed by atoms with E-state index in [9.17, 15) is 9.59 Å². The Kier molecular flexibility index (Phi) is 9.22. The monoisotopic (exact) mass is 399 g/mol. The molecule has 0 bridgehead atoms. The van der Waals surface area contributed by atoms with Gasteiger partial charge < -0.3 is 5.32 Å². The minimum Gasteiger partial charge on any atom is -0.325 e. The lowest BCUT2D eigenvalue weighted by atomic mass is 10.0. The molecular weight excluding hydrogens is 374 g/mol. The SMILES string of the molecule is CCCCCC(=NNC(=O)CCC(=O)Nc1ccccc1Cl)c1ccccc1. The molecule has 0 aliphatic heterocycles. The predicted octanol–water partition coefficient (Wildman–Crippen LogP) is 5.16. The smallest absolute Gasteiger partial charge is 0.240 e. The molecule has 2 amide bonds. The molecule has 0 spiro atoms. The Morgan fingerprint density at radius 2 is 1.57 bits per heavy atom. The van der Waals surface area contributed by atoms with Gasteiger partial charge in [0.15, 0.2) is 0 Å². The summed E-state index contributed by atoms with van der Waals surface area (Å²) in [4.78, 5) is 24.1. The van der Waals surface area contributed by atoms with Gasteiger partial charge in [0.1, 0.15) is 0 Å². The van der Waals surface area contributed by atoms with E-state index in [2.05, 4.69) is 22.8 Å². The van der Waals surface area contributed by atoms with Crippen LogP contribution in [0.15, 0.2) is 59.7 Å². The van der Waals surface area contributed by atoms with E-state index in [0.717, 1.165) is 37.0 Å². The molecule has 0 unspecified atom stereocenters. The summed E-state index contributed by atoms with van der Waals surface area (Å²) in [6.45, 7) is 2.15. The third-order valence-electron chi connectivity index (χ3n) is 4.17. The van der Waals surface area contributed by atoms with Gasteiger partial charge in [0.05, 0.1) is 16.4 Å². The summed E-state index contributed by atoms with van der Waals surface area (Å²) >= 11 is 6.01. The molecule has 2 aromatic rings. The number of benzene rings is 2. The molecule has 0 aliphatic carbocycles. The van der Waals surface area contributed by atoms with Crippen molar-refractivity contribution < 1.29 is 9.59 Å². The highest BCUT2D eigenvalue weighted by Gasteiger charge is 2.09. The first-order valence-electron chi connectivity index (χ1n) is 9.55. The minimum atomic E-state index is -0.293. The summed E-state index contributed by atoms with van der Waals surface area (Å²) in [7, 11) is 0. The molecule has 0 aliphatic rings. The normalized spacial score (nSPS) is 11.1. The first-order valence-corrected chi connectivity index (χ1v) is 9.93. The number of hydrogen-bond donors (Lipinski definition) is 2. The van der Waals surface area contributed by atoms with Crippen LogP contribution in [0.1, 0.15) is 51.0 Å². The molecule has 2 N–H and O–H groups in total. The number of rotatable bonds is 10. The molecule has 2 aromatic carbocycles. The van der Waals surface area contributed by atoms with Crippen LogP contribution in [0.4, 0.5) is 5.69 Å². The Balaban J connectivity index is 1.87. The quantitative estimate of drug-likeness (QED) is 0.329. The summed E-state index contributed by atoms with van der Waals surface area (Å²) in [5.74, 6) is -0.559. The predicted molar refractivity (Wildman–Crippen MR) is 115 cm³/mol. The zero-order chi connectivity index (χ0) is 20.2. The number of carbonyl (C=O) groups excluding carboxylic acids is 2. The van der Waals surface area contributed by atoms with Gasteiger partial charge in [-0.2, -0.15) is 5.10 Å². The second-order valence-electron chi connectivity index (χ2n) is 6.44. The maximum Gasteiger partial charge on any atom is 0.240 e. The summed E-state index contributed by atoms with van der Waals surface area (Å²) < 4.78 is 0. The molecule has 2 rings (SSSR count). The lowest BCUT2D eigenvalue weighted by Gasteiger charge is -2.08. The van der Waals surface area contributed by atoms with Crippen LogP contribution in [0.5, 0.6) is 0 Å². The van der Waals surface area contributed by atoms with Gasteiger partial charge in [-0.05, 0) is 30.5 Å². The fourth-order valence-electron chi connectivity index (χ4n) is 2.63. The highest BCUT2D eigenvalue weighted by Crippen LogP contribution is 2.20. The lowest BCUT2D eigenvalue weighted by molar-refractivity contribution is -0.124. The van der Waals surface area contributed by atoms with E-state index < -0.39 is 0 Å². The van der Waals surface area contributed by atoms with E-state index in [0.29, 0.717) is 10.7 Å². The van der Waals surface area contributed by atoms with Crippen LogP contribution in [-0.2, 0) is 9.59 Å². The van der Waals surface area contributed by atoms with E-state index in [1.165, 1.54) is 0 Å². The van der Waals surface area contributed by atoms with Gasteiger partial charge in [-0.25, -0.2) is 5.43 Å². The highest BCUT2D eigenvalue weighted by molar-refractivity contribution is 6.33. The van der Waals surface area contributed by atoms with Crippen molar-refractivity contribution in [3.05, 3.63) is 65.2 Å². The number of hydrazone groups is 1. The second-order valence-corrected chi connectivity index (χ2v) is 6.85. The molecule has 0 heterocycles. The van der Waals surface area contributed by atoms with Crippen molar-refractivity contribution in [2.75, 3.05) is 5.32 Å². The first kappa shape index (κ1) is 21.6. The molecular formula is C22H26ClN3O2. The van der Waals surface area contributed by atoms with E-state index in [-0.39, 0.29) is 24.7 Å². The average molecular weight is 400 g/mol. The van der Waals surface area contributed by atoms with Gasteiger partial charge in [-0.1, -0.05) is 73.8 Å². The van der Waals surface area contributed by atoms with Crippen LogP contribution < -0.4 is 10.7 Å². The number of amides is 2. The maximum atomic E-state index is 12.1. The van der Waals surface area contributed by atoms with Crippen molar-refractivity contribution in [3.63, 3.8) is 0 Å². The molecule has 28 heavy (non-hydrogen) atoms. The Bertz CT molecular complexity index is 806. The van der Waals surface area contributed by atoms with E-state index in [1.54, 1.807) is 24.3 Å². The molecule has 0 fully saturated rings. The van der Waals surface area contributed by atoms with Crippen LogP contribution in [0.25, 0.3) is 0 Å². The zero-order valence-corrected chi connectivity index (χ0v) is 16.8. The third kappa shape index (κ3) is 7.53. The Morgan fingerprint density at radius 3 is 2.29 bits per heavy atom. The van der Waals surface area contributed by atoms with Gasteiger partial charge in [-0.15, -0.1) is 0 Å². The van der Waals surface area contributed by atoms with Crippen molar-refractivity contribution >= 4 is 34.8 Å². The third-order valence-corrected chi connectivity index (χ3v) is 4.50.